The molecule has 1 atom stereocenters. The van der Waals surface area contributed by atoms with Crippen LogP contribution < -0.4 is 0 Å². The Bertz CT molecular complexity index is 509. The van der Waals surface area contributed by atoms with Crippen molar-refractivity contribution in [3.8, 4) is 11.5 Å². The topological polar surface area (TPSA) is 81.8 Å². The molecule has 6 nitrogen and oxygen atoms in total. The zero-order valence-corrected chi connectivity index (χ0v) is 9.62. The molecule has 2 heterocycles. The number of aromatic nitrogens is 4. The first-order valence-corrected chi connectivity index (χ1v) is 5.32. The molecule has 0 bridgehead atoms. The molecule has 0 spiro atoms. The Kier molecular flexibility index (Phi) is 3.22. The second-order valence-corrected chi connectivity index (χ2v) is 3.62. The van der Waals surface area contributed by atoms with Gasteiger partial charge in [0.1, 0.15) is 17.8 Å². The van der Waals surface area contributed by atoms with Crippen molar-refractivity contribution < 1.29 is 9.32 Å². The Labute approximate surface area is 98.1 Å². The SMILES string of the molecule is CCC(C(C)=O)c1nc(-c2ccncn2)no1. The van der Waals surface area contributed by atoms with E-state index in [1.54, 1.807) is 12.3 Å². The fourth-order valence-corrected chi connectivity index (χ4v) is 1.54. The predicted octanol–water partition coefficient (Wildman–Crippen LogP) is 1.61. The van der Waals surface area contributed by atoms with Gasteiger partial charge in [0.2, 0.25) is 11.7 Å². The van der Waals surface area contributed by atoms with Crippen LogP contribution in [0.4, 0.5) is 0 Å². The number of rotatable bonds is 4. The van der Waals surface area contributed by atoms with Gasteiger partial charge < -0.3 is 4.52 Å². The fourth-order valence-electron chi connectivity index (χ4n) is 1.54. The third-order valence-corrected chi connectivity index (χ3v) is 2.45. The lowest BCUT2D eigenvalue weighted by molar-refractivity contribution is -0.119. The summed E-state index contributed by atoms with van der Waals surface area (Å²) in [4.78, 5) is 23.4. The average molecular weight is 232 g/mol. The largest absolute Gasteiger partial charge is 0.338 e. The molecular formula is C11H12N4O2. The molecule has 0 amide bonds. The van der Waals surface area contributed by atoms with E-state index in [2.05, 4.69) is 20.1 Å². The van der Waals surface area contributed by atoms with E-state index >= 15 is 0 Å². The Hall–Kier alpha value is -2.11. The molecule has 0 N–H and O–H groups in total. The lowest BCUT2D eigenvalue weighted by Gasteiger charge is -2.03. The van der Waals surface area contributed by atoms with Gasteiger partial charge in [-0.15, -0.1) is 0 Å². The summed E-state index contributed by atoms with van der Waals surface area (Å²) in [6.07, 6.45) is 3.65. The second-order valence-electron chi connectivity index (χ2n) is 3.62. The highest BCUT2D eigenvalue weighted by Gasteiger charge is 2.22. The van der Waals surface area contributed by atoms with Crippen LogP contribution in [-0.4, -0.2) is 25.9 Å². The number of nitrogens with zero attached hydrogens (tertiary/aromatic N) is 4. The smallest absolute Gasteiger partial charge is 0.237 e. The summed E-state index contributed by atoms with van der Waals surface area (Å²) in [5.74, 6) is 0.402. The molecule has 0 fully saturated rings. The van der Waals surface area contributed by atoms with E-state index in [9.17, 15) is 4.79 Å². The third kappa shape index (κ3) is 2.35. The molecule has 6 heteroatoms. The van der Waals surface area contributed by atoms with Gasteiger partial charge in [0.15, 0.2) is 0 Å². The van der Waals surface area contributed by atoms with E-state index in [1.165, 1.54) is 13.3 Å². The first kappa shape index (κ1) is 11.4. The number of carbonyl (C=O) groups excluding carboxylic acids is 1. The van der Waals surface area contributed by atoms with Gasteiger partial charge in [-0.2, -0.15) is 4.98 Å². The van der Waals surface area contributed by atoms with E-state index in [1.807, 2.05) is 6.92 Å². The summed E-state index contributed by atoms with van der Waals surface area (Å²) in [5.41, 5.74) is 0.577. The van der Waals surface area contributed by atoms with Gasteiger partial charge in [0, 0.05) is 6.20 Å². The van der Waals surface area contributed by atoms with Crippen LogP contribution in [0.25, 0.3) is 11.5 Å². The highest BCUT2D eigenvalue weighted by Crippen LogP contribution is 2.21. The molecule has 0 aliphatic carbocycles. The molecule has 17 heavy (non-hydrogen) atoms. The highest BCUT2D eigenvalue weighted by molar-refractivity contribution is 5.82. The minimum Gasteiger partial charge on any atom is -0.338 e. The molecule has 2 aromatic rings. The Morgan fingerprint density at radius 2 is 2.35 bits per heavy atom. The average Bonchev–Trinajstić information content (AvgIpc) is 2.80. The van der Waals surface area contributed by atoms with Gasteiger partial charge in [0.05, 0.1) is 5.92 Å². The van der Waals surface area contributed by atoms with Crippen LogP contribution in [0.5, 0.6) is 0 Å². The van der Waals surface area contributed by atoms with Crippen molar-refractivity contribution in [3.63, 3.8) is 0 Å². The normalized spacial score (nSPS) is 12.4. The summed E-state index contributed by atoms with van der Waals surface area (Å²) in [6.45, 7) is 3.42. The van der Waals surface area contributed by atoms with Crippen LogP contribution in [0.1, 0.15) is 32.1 Å². The van der Waals surface area contributed by atoms with Crippen LogP contribution in [0.3, 0.4) is 0 Å². The number of hydrogen-bond donors (Lipinski definition) is 0. The zero-order chi connectivity index (χ0) is 12.3. The Morgan fingerprint density at radius 1 is 1.53 bits per heavy atom. The van der Waals surface area contributed by atoms with Crippen molar-refractivity contribution in [2.24, 2.45) is 0 Å². The van der Waals surface area contributed by atoms with Crippen molar-refractivity contribution >= 4 is 5.78 Å². The number of ketones is 1. The molecule has 0 aliphatic rings. The lowest BCUT2D eigenvalue weighted by atomic mass is 10.0. The lowest BCUT2D eigenvalue weighted by Crippen LogP contribution is -2.07. The molecule has 1 unspecified atom stereocenters. The maximum absolute atomic E-state index is 11.4. The monoisotopic (exact) mass is 232 g/mol. The van der Waals surface area contributed by atoms with Crippen LogP contribution in [-0.2, 0) is 4.79 Å². The second kappa shape index (κ2) is 4.82. The summed E-state index contributed by atoms with van der Waals surface area (Å²) in [5, 5.41) is 3.81. The van der Waals surface area contributed by atoms with Gasteiger partial charge in [0.25, 0.3) is 0 Å². The molecule has 0 radical (unpaired) electrons. The first-order valence-electron chi connectivity index (χ1n) is 5.32. The minimum atomic E-state index is -0.335. The number of Topliss-reactive ketones (excluding diaryl/α,β-unsaturated/α-hetero) is 1. The van der Waals surface area contributed by atoms with E-state index in [-0.39, 0.29) is 11.7 Å². The summed E-state index contributed by atoms with van der Waals surface area (Å²) in [6, 6.07) is 1.68. The maximum Gasteiger partial charge on any atom is 0.237 e. The van der Waals surface area contributed by atoms with Crippen LogP contribution >= 0.6 is 0 Å². The van der Waals surface area contributed by atoms with Crippen molar-refractivity contribution in [1.29, 1.82) is 0 Å². The third-order valence-electron chi connectivity index (χ3n) is 2.45. The minimum absolute atomic E-state index is 0.0189. The van der Waals surface area contributed by atoms with E-state index in [0.717, 1.165) is 0 Å². The molecule has 88 valence electrons. The maximum atomic E-state index is 11.4. The van der Waals surface area contributed by atoms with Gasteiger partial charge in [-0.1, -0.05) is 12.1 Å². The summed E-state index contributed by atoms with van der Waals surface area (Å²) < 4.78 is 5.09. The standard InChI is InChI=1S/C11H12N4O2/c1-3-8(7(2)16)11-14-10(15-17-11)9-4-5-12-6-13-9/h4-6,8H,3H2,1-2H3. The van der Waals surface area contributed by atoms with Gasteiger partial charge in [-0.25, -0.2) is 9.97 Å². The molecule has 0 saturated heterocycles. The van der Waals surface area contributed by atoms with Crippen LogP contribution in [0, 0.1) is 0 Å². The predicted molar refractivity (Wildman–Crippen MR) is 59.0 cm³/mol. The molecule has 2 aromatic heterocycles. The quantitative estimate of drug-likeness (QED) is 0.796. The number of hydrogen-bond acceptors (Lipinski definition) is 6. The van der Waals surface area contributed by atoms with Gasteiger partial charge in [-0.05, 0) is 19.4 Å². The molecular weight excluding hydrogens is 220 g/mol. The zero-order valence-electron chi connectivity index (χ0n) is 9.62. The van der Waals surface area contributed by atoms with Crippen molar-refractivity contribution in [2.75, 3.05) is 0 Å². The Balaban J connectivity index is 2.30. The van der Waals surface area contributed by atoms with E-state index in [0.29, 0.717) is 23.8 Å². The molecule has 0 saturated carbocycles. The van der Waals surface area contributed by atoms with Crippen LogP contribution in [0.15, 0.2) is 23.1 Å². The Morgan fingerprint density at radius 3 is 2.94 bits per heavy atom. The molecule has 0 aromatic carbocycles. The van der Waals surface area contributed by atoms with E-state index < -0.39 is 0 Å². The van der Waals surface area contributed by atoms with Crippen LogP contribution in [0.2, 0.25) is 0 Å². The highest BCUT2D eigenvalue weighted by atomic mass is 16.5. The van der Waals surface area contributed by atoms with Crippen molar-refractivity contribution in [2.45, 2.75) is 26.2 Å². The fraction of sp³-hybridized carbons (Fsp3) is 0.364. The van der Waals surface area contributed by atoms with Crippen molar-refractivity contribution in [3.05, 3.63) is 24.5 Å². The molecule has 2 rings (SSSR count). The molecule has 0 aliphatic heterocycles. The first-order chi connectivity index (χ1) is 8.22. The van der Waals surface area contributed by atoms with Crippen molar-refractivity contribution in [1.82, 2.24) is 20.1 Å². The summed E-state index contributed by atoms with van der Waals surface area (Å²) in [7, 11) is 0. The summed E-state index contributed by atoms with van der Waals surface area (Å²) >= 11 is 0. The van der Waals surface area contributed by atoms with Gasteiger partial charge >= 0.3 is 0 Å². The van der Waals surface area contributed by atoms with Gasteiger partial charge in [-0.3, -0.25) is 4.79 Å². The van der Waals surface area contributed by atoms with E-state index in [4.69, 9.17) is 4.52 Å². The number of carbonyl (C=O) groups is 1.